The second kappa shape index (κ2) is 6.10. The van der Waals surface area contributed by atoms with Crippen molar-refractivity contribution in [2.75, 3.05) is 29.6 Å². The van der Waals surface area contributed by atoms with Crippen LogP contribution < -0.4 is 15.5 Å². The van der Waals surface area contributed by atoms with Crippen LogP contribution in [0.25, 0.3) is 0 Å². The number of carbonyl (C=O) groups excluding carboxylic acids is 1. The largest absolute Gasteiger partial charge is 0.378 e. The van der Waals surface area contributed by atoms with Crippen molar-refractivity contribution in [3.8, 4) is 0 Å². The van der Waals surface area contributed by atoms with E-state index in [1.165, 1.54) is 0 Å². The van der Waals surface area contributed by atoms with Crippen molar-refractivity contribution in [1.82, 2.24) is 0 Å². The van der Waals surface area contributed by atoms with E-state index < -0.39 is 0 Å². The molecule has 2 rings (SSSR count). The number of benzene rings is 2. The molecule has 0 aliphatic heterocycles. The predicted molar refractivity (Wildman–Crippen MR) is 84.6 cm³/mol. The second-order valence-electron chi connectivity index (χ2n) is 4.89. The molecule has 2 aromatic rings. The van der Waals surface area contributed by atoms with Gasteiger partial charge in [0.25, 0.3) is 0 Å². The Labute approximate surface area is 119 Å². The van der Waals surface area contributed by atoms with Gasteiger partial charge in [0.1, 0.15) is 0 Å². The van der Waals surface area contributed by atoms with E-state index >= 15 is 0 Å². The van der Waals surface area contributed by atoms with Gasteiger partial charge in [-0.1, -0.05) is 12.1 Å². The summed E-state index contributed by atoms with van der Waals surface area (Å²) in [5.74, 6) is 0. The summed E-state index contributed by atoms with van der Waals surface area (Å²) in [6, 6.07) is 15.1. The maximum absolute atomic E-state index is 11.9. The molecule has 0 unspecified atom stereocenters. The van der Waals surface area contributed by atoms with E-state index in [1.807, 2.05) is 74.4 Å². The third-order valence-electron chi connectivity index (χ3n) is 2.92. The summed E-state index contributed by atoms with van der Waals surface area (Å²) in [7, 11) is 3.96. The number of rotatable bonds is 3. The summed E-state index contributed by atoms with van der Waals surface area (Å²) in [5, 5.41) is 5.62. The van der Waals surface area contributed by atoms with Gasteiger partial charge in [-0.2, -0.15) is 0 Å². The fourth-order valence-electron chi connectivity index (χ4n) is 1.86. The van der Waals surface area contributed by atoms with Gasteiger partial charge in [-0.3, -0.25) is 0 Å². The average Bonchev–Trinajstić information content (AvgIpc) is 2.39. The summed E-state index contributed by atoms with van der Waals surface area (Å²) in [6.07, 6.45) is 0. The molecule has 2 aromatic carbocycles. The van der Waals surface area contributed by atoms with Crippen molar-refractivity contribution in [2.24, 2.45) is 0 Å². The Kier molecular flexibility index (Phi) is 4.25. The van der Waals surface area contributed by atoms with E-state index in [2.05, 4.69) is 10.6 Å². The van der Waals surface area contributed by atoms with Gasteiger partial charge in [0, 0.05) is 31.2 Å². The highest BCUT2D eigenvalue weighted by molar-refractivity contribution is 5.99. The van der Waals surface area contributed by atoms with Crippen molar-refractivity contribution in [3.05, 3.63) is 54.1 Å². The fourth-order valence-corrected chi connectivity index (χ4v) is 1.86. The van der Waals surface area contributed by atoms with Gasteiger partial charge in [0.05, 0.1) is 0 Å². The number of carbonyl (C=O) groups is 1. The molecule has 0 bridgehead atoms. The number of nitrogens with one attached hydrogen (secondary N) is 2. The van der Waals surface area contributed by atoms with Crippen molar-refractivity contribution in [2.45, 2.75) is 6.92 Å². The number of nitrogens with zero attached hydrogens (tertiary/aromatic N) is 1. The second-order valence-corrected chi connectivity index (χ2v) is 4.89. The first-order valence-corrected chi connectivity index (χ1v) is 6.46. The molecule has 4 nitrogen and oxygen atoms in total. The first kappa shape index (κ1) is 13.9. The fraction of sp³-hybridized carbons (Fsp3) is 0.188. The lowest BCUT2D eigenvalue weighted by atomic mass is 10.2. The summed E-state index contributed by atoms with van der Waals surface area (Å²) < 4.78 is 0. The van der Waals surface area contributed by atoms with Crippen molar-refractivity contribution in [1.29, 1.82) is 0 Å². The Morgan fingerprint density at radius 2 is 1.60 bits per heavy atom. The standard InChI is InChI=1S/C16H19N3O/c1-12-5-4-6-14(11-12)18-16(20)17-13-7-9-15(10-8-13)19(2)3/h4-11H,1-3H3,(H2,17,18,20). The maximum atomic E-state index is 11.9. The zero-order chi connectivity index (χ0) is 14.5. The molecular weight excluding hydrogens is 250 g/mol. The van der Waals surface area contributed by atoms with Crippen LogP contribution >= 0.6 is 0 Å². The van der Waals surface area contributed by atoms with Crippen LogP contribution in [0.1, 0.15) is 5.56 Å². The first-order chi connectivity index (χ1) is 9.54. The van der Waals surface area contributed by atoms with Gasteiger partial charge in [-0.25, -0.2) is 4.79 Å². The van der Waals surface area contributed by atoms with Crippen molar-refractivity contribution < 1.29 is 4.79 Å². The molecule has 20 heavy (non-hydrogen) atoms. The third kappa shape index (κ3) is 3.75. The van der Waals surface area contributed by atoms with Crippen LogP contribution in [-0.4, -0.2) is 20.1 Å². The lowest BCUT2D eigenvalue weighted by molar-refractivity contribution is 0.262. The molecule has 0 atom stereocenters. The van der Waals surface area contributed by atoms with Crippen LogP contribution in [-0.2, 0) is 0 Å². The summed E-state index contributed by atoms with van der Waals surface area (Å²) in [4.78, 5) is 13.9. The highest BCUT2D eigenvalue weighted by atomic mass is 16.2. The minimum absolute atomic E-state index is 0.242. The number of anilines is 3. The van der Waals surface area contributed by atoms with Crippen LogP contribution in [0.4, 0.5) is 21.9 Å². The Morgan fingerprint density at radius 1 is 0.950 bits per heavy atom. The highest BCUT2D eigenvalue weighted by Gasteiger charge is 2.03. The molecule has 0 radical (unpaired) electrons. The topological polar surface area (TPSA) is 44.4 Å². The lowest BCUT2D eigenvalue weighted by Crippen LogP contribution is -2.19. The lowest BCUT2D eigenvalue weighted by Gasteiger charge is -2.13. The Balaban J connectivity index is 1.97. The molecule has 0 saturated carbocycles. The van der Waals surface area contributed by atoms with Gasteiger partial charge in [0.2, 0.25) is 0 Å². The molecule has 2 N–H and O–H groups in total. The molecule has 0 heterocycles. The van der Waals surface area contributed by atoms with Gasteiger partial charge in [0.15, 0.2) is 0 Å². The smallest absolute Gasteiger partial charge is 0.323 e. The van der Waals surface area contributed by atoms with Crippen LogP contribution in [0.3, 0.4) is 0 Å². The SMILES string of the molecule is Cc1cccc(NC(=O)Nc2ccc(N(C)C)cc2)c1. The number of urea groups is 1. The summed E-state index contributed by atoms with van der Waals surface area (Å²) >= 11 is 0. The Bertz CT molecular complexity index is 591. The zero-order valence-corrected chi connectivity index (χ0v) is 12.0. The number of aryl methyl sites for hydroxylation is 1. The van der Waals surface area contributed by atoms with Crippen LogP contribution in [0.2, 0.25) is 0 Å². The normalized spacial score (nSPS) is 9.95. The van der Waals surface area contributed by atoms with Gasteiger partial charge < -0.3 is 15.5 Å². The molecule has 2 amide bonds. The molecule has 0 fully saturated rings. The average molecular weight is 269 g/mol. The third-order valence-corrected chi connectivity index (χ3v) is 2.92. The summed E-state index contributed by atoms with van der Waals surface area (Å²) in [6.45, 7) is 1.99. The minimum Gasteiger partial charge on any atom is -0.378 e. The van der Waals surface area contributed by atoms with E-state index in [-0.39, 0.29) is 6.03 Å². The van der Waals surface area contributed by atoms with E-state index in [0.29, 0.717) is 0 Å². The van der Waals surface area contributed by atoms with Crippen molar-refractivity contribution in [3.63, 3.8) is 0 Å². The molecular formula is C16H19N3O. The van der Waals surface area contributed by atoms with E-state index in [0.717, 1.165) is 22.6 Å². The monoisotopic (exact) mass is 269 g/mol. The Morgan fingerprint density at radius 3 is 2.20 bits per heavy atom. The van der Waals surface area contributed by atoms with Gasteiger partial charge >= 0.3 is 6.03 Å². The van der Waals surface area contributed by atoms with Gasteiger partial charge in [-0.15, -0.1) is 0 Å². The minimum atomic E-state index is -0.242. The predicted octanol–water partition coefficient (Wildman–Crippen LogP) is 3.71. The molecule has 0 aliphatic carbocycles. The van der Waals surface area contributed by atoms with Crippen LogP contribution in [0.15, 0.2) is 48.5 Å². The van der Waals surface area contributed by atoms with Crippen LogP contribution in [0.5, 0.6) is 0 Å². The molecule has 4 heteroatoms. The molecule has 104 valence electrons. The molecule has 0 aromatic heterocycles. The molecule has 0 spiro atoms. The van der Waals surface area contributed by atoms with Crippen molar-refractivity contribution >= 4 is 23.1 Å². The molecule has 0 saturated heterocycles. The maximum Gasteiger partial charge on any atom is 0.323 e. The van der Waals surface area contributed by atoms with E-state index in [9.17, 15) is 4.79 Å². The number of amides is 2. The highest BCUT2D eigenvalue weighted by Crippen LogP contribution is 2.16. The van der Waals surface area contributed by atoms with E-state index in [1.54, 1.807) is 0 Å². The number of hydrogen-bond donors (Lipinski definition) is 2. The Hall–Kier alpha value is -2.49. The first-order valence-electron chi connectivity index (χ1n) is 6.46. The van der Waals surface area contributed by atoms with Gasteiger partial charge in [-0.05, 0) is 48.9 Å². The number of hydrogen-bond acceptors (Lipinski definition) is 2. The molecule has 0 aliphatic rings. The van der Waals surface area contributed by atoms with Crippen LogP contribution in [0, 0.1) is 6.92 Å². The summed E-state index contributed by atoms with van der Waals surface area (Å²) in [5.41, 5.74) is 3.75. The van der Waals surface area contributed by atoms with E-state index in [4.69, 9.17) is 0 Å². The quantitative estimate of drug-likeness (QED) is 0.892. The zero-order valence-electron chi connectivity index (χ0n) is 12.0.